The molecule has 2 heterocycles. The zero-order valence-electron chi connectivity index (χ0n) is 17.6. The average molecular weight is 470 g/mol. The monoisotopic (exact) mass is 469 g/mol. The Bertz CT molecular complexity index is 1270. The molecule has 4 aromatic rings. The number of carbonyl (C=O) groups excluding carboxylic acids is 1. The molecule has 0 aliphatic rings. The number of halogens is 2. The van der Waals surface area contributed by atoms with E-state index in [0.29, 0.717) is 34.4 Å². The molecule has 0 spiro atoms. The van der Waals surface area contributed by atoms with Gasteiger partial charge in [-0.05, 0) is 55.1 Å². The third kappa shape index (κ3) is 5.18. The highest BCUT2D eigenvalue weighted by atomic mass is 35.5. The summed E-state index contributed by atoms with van der Waals surface area (Å²) in [5.41, 5.74) is 3.20. The minimum absolute atomic E-state index is 0.251. The molecule has 0 fully saturated rings. The van der Waals surface area contributed by atoms with Crippen LogP contribution in [0.4, 0.5) is 10.2 Å². The van der Waals surface area contributed by atoms with Gasteiger partial charge in [-0.3, -0.25) is 9.48 Å². The fourth-order valence-corrected chi connectivity index (χ4v) is 4.05. The van der Waals surface area contributed by atoms with Gasteiger partial charge in [-0.1, -0.05) is 29.8 Å². The molecule has 0 bridgehead atoms. The van der Waals surface area contributed by atoms with E-state index in [1.165, 1.54) is 17.4 Å². The summed E-state index contributed by atoms with van der Waals surface area (Å²) >= 11 is 7.38. The lowest BCUT2D eigenvalue weighted by Gasteiger charge is -2.06. The van der Waals surface area contributed by atoms with Crippen LogP contribution in [0.1, 0.15) is 32.1 Å². The minimum Gasteiger partial charge on any atom is -0.489 e. The van der Waals surface area contributed by atoms with E-state index in [2.05, 4.69) is 10.4 Å². The van der Waals surface area contributed by atoms with E-state index in [-0.39, 0.29) is 11.7 Å². The first kappa shape index (κ1) is 22.0. The van der Waals surface area contributed by atoms with Gasteiger partial charge in [0.2, 0.25) is 0 Å². The summed E-state index contributed by atoms with van der Waals surface area (Å²) < 4.78 is 21.4. The molecule has 1 N–H and O–H groups in total. The number of anilines is 1. The van der Waals surface area contributed by atoms with Gasteiger partial charge in [0.25, 0.3) is 5.91 Å². The summed E-state index contributed by atoms with van der Waals surface area (Å²) in [5.74, 6) is 0.612. The van der Waals surface area contributed by atoms with E-state index in [9.17, 15) is 9.18 Å². The fourth-order valence-electron chi connectivity index (χ4n) is 3.14. The van der Waals surface area contributed by atoms with Crippen LogP contribution in [-0.2, 0) is 13.2 Å². The number of hydrogen-bond acceptors (Lipinski definition) is 4. The summed E-state index contributed by atoms with van der Waals surface area (Å²) in [7, 11) is 0. The molecule has 0 radical (unpaired) electrons. The molecule has 2 aromatic carbocycles. The molecule has 8 heteroatoms. The van der Waals surface area contributed by atoms with Crippen molar-refractivity contribution in [3.63, 3.8) is 0 Å². The first-order valence-corrected chi connectivity index (χ1v) is 11.2. The number of aromatic nitrogens is 2. The van der Waals surface area contributed by atoms with Crippen LogP contribution in [0.5, 0.6) is 5.75 Å². The Balaban J connectivity index is 1.38. The molecule has 5 nitrogen and oxygen atoms in total. The van der Waals surface area contributed by atoms with Crippen molar-refractivity contribution in [3.8, 4) is 5.75 Å². The molecule has 0 aliphatic carbocycles. The standard InChI is InChI=1S/C24H21ClFN3O2S/c1-15-9-19(7-8-20(15)25)31-13-17-11-22(32-14-17)24(30)27-23-10-16(2)29(28-23)12-18-5-3-4-6-21(18)26/h3-11,14H,12-13H2,1-2H3,(H,27,28,30). The Labute approximate surface area is 194 Å². The van der Waals surface area contributed by atoms with E-state index >= 15 is 0 Å². The average Bonchev–Trinajstić information content (AvgIpc) is 3.37. The van der Waals surface area contributed by atoms with Crippen LogP contribution >= 0.6 is 22.9 Å². The maximum Gasteiger partial charge on any atom is 0.266 e. The van der Waals surface area contributed by atoms with Crippen LogP contribution in [0.2, 0.25) is 5.02 Å². The highest BCUT2D eigenvalue weighted by Gasteiger charge is 2.14. The van der Waals surface area contributed by atoms with Gasteiger partial charge in [-0.2, -0.15) is 5.10 Å². The van der Waals surface area contributed by atoms with Gasteiger partial charge in [-0.25, -0.2) is 4.39 Å². The summed E-state index contributed by atoms with van der Waals surface area (Å²) in [4.78, 5) is 13.2. The van der Waals surface area contributed by atoms with Gasteiger partial charge in [0, 0.05) is 27.9 Å². The first-order chi connectivity index (χ1) is 15.4. The zero-order chi connectivity index (χ0) is 22.7. The molecule has 0 aliphatic heterocycles. The predicted octanol–water partition coefficient (Wildman–Crippen LogP) is 6.23. The van der Waals surface area contributed by atoms with Crippen LogP contribution in [-0.4, -0.2) is 15.7 Å². The quantitative estimate of drug-likeness (QED) is 0.349. The summed E-state index contributed by atoms with van der Waals surface area (Å²) in [6.45, 7) is 4.42. The van der Waals surface area contributed by atoms with Crippen LogP contribution in [0, 0.1) is 19.7 Å². The number of ether oxygens (including phenoxy) is 1. The zero-order valence-corrected chi connectivity index (χ0v) is 19.1. The van der Waals surface area contributed by atoms with Crippen molar-refractivity contribution in [2.24, 2.45) is 0 Å². The van der Waals surface area contributed by atoms with E-state index in [0.717, 1.165) is 22.6 Å². The SMILES string of the molecule is Cc1cc(OCc2csc(C(=O)Nc3cc(C)n(Cc4ccccc4F)n3)c2)ccc1Cl. The smallest absolute Gasteiger partial charge is 0.266 e. The predicted molar refractivity (Wildman–Crippen MR) is 125 cm³/mol. The fraction of sp³-hybridized carbons (Fsp3) is 0.167. The Hall–Kier alpha value is -3.16. The molecule has 2 aromatic heterocycles. The molecule has 32 heavy (non-hydrogen) atoms. The highest BCUT2D eigenvalue weighted by molar-refractivity contribution is 7.12. The molecular weight excluding hydrogens is 449 g/mol. The van der Waals surface area contributed by atoms with E-state index < -0.39 is 0 Å². The maximum absolute atomic E-state index is 13.9. The second-order valence-corrected chi connectivity index (χ2v) is 8.71. The van der Waals surface area contributed by atoms with Crippen LogP contribution < -0.4 is 10.1 Å². The molecule has 0 saturated carbocycles. The summed E-state index contributed by atoms with van der Waals surface area (Å²) in [6, 6.07) is 15.6. The van der Waals surface area contributed by atoms with Gasteiger partial charge in [-0.15, -0.1) is 11.3 Å². The summed E-state index contributed by atoms with van der Waals surface area (Å²) in [6.07, 6.45) is 0. The van der Waals surface area contributed by atoms with Gasteiger partial charge in [0.15, 0.2) is 5.82 Å². The second-order valence-electron chi connectivity index (χ2n) is 7.39. The van der Waals surface area contributed by atoms with Crippen molar-refractivity contribution in [1.29, 1.82) is 0 Å². The Morgan fingerprint density at radius 1 is 1.19 bits per heavy atom. The van der Waals surface area contributed by atoms with Crippen LogP contribution in [0.15, 0.2) is 60.0 Å². The lowest BCUT2D eigenvalue weighted by Crippen LogP contribution is -2.12. The van der Waals surface area contributed by atoms with Crippen molar-refractivity contribution < 1.29 is 13.9 Å². The van der Waals surface area contributed by atoms with E-state index in [4.69, 9.17) is 16.3 Å². The number of aryl methyl sites for hydroxylation is 2. The number of rotatable bonds is 7. The third-order valence-corrected chi connectivity index (χ3v) is 6.32. The Morgan fingerprint density at radius 3 is 2.78 bits per heavy atom. The molecule has 164 valence electrons. The molecule has 0 unspecified atom stereocenters. The van der Waals surface area contributed by atoms with E-state index in [1.807, 2.05) is 31.4 Å². The van der Waals surface area contributed by atoms with Crippen molar-refractivity contribution in [2.45, 2.75) is 27.0 Å². The highest BCUT2D eigenvalue weighted by Crippen LogP contribution is 2.23. The van der Waals surface area contributed by atoms with Crippen molar-refractivity contribution in [2.75, 3.05) is 5.32 Å². The first-order valence-electron chi connectivity index (χ1n) is 9.94. The van der Waals surface area contributed by atoms with Crippen LogP contribution in [0.3, 0.4) is 0 Å². The molecule has 0 saturated heterocycles. The topological polar surface area (TPSA) is 56.1 Å². The third-order valence-electron chi connectivity index (χ3n) is 4.91. The number of carbonyl (C=O) groups is 1. The number of hydrogen-bond donors (Lipinski definition) is 1. The molecule has 0 atom stereocenters. The minimum atomic E-state index is -0.282. The molecule has 4 rings (SSSR count). The normalized spacial score (nSPS) is 10.9. The van der Waals surface area contributed by atoms with Crippen molar-refractivity contribution >= 4 is 34.7 Å². The van der Waals surface area contributed by atoms with Crippen molar-refractivity contribution in [1.82, 2.24) is 9.78 Å². The number of thiophene rings is 1. The van der Waals surface area contributed by atoms with E-state index in [1.54, 1.807) is 41.1 Å². The van der Waals surface area contributed by atoms with Crippen LogP contribution in [0.25, 0.3) is 0 Å². The molecule has 1 amide bonds. The number of amides is 1. The second kappa shape index (κ2) is 9.54. The Kier molecular flexibility index (Phi) is 6.58. The van der Waals surface area contributed by atoms with Gasteiger partial charge < -0.3 is 10.1 Å². The van der Waals surface area contributed by atoms with Gasteiger partial charge >= 0.3 is 0 Å². The van der Waals surface area contributed by atoms with Gasteiger partial charge in [0.05, 0.1) is 11.4 Å². The lowest BCUT2D eigenvalue weighted by molar-refractivity contribution is 0.103. The maximum atomic E-state index is 13.9. The lowest BCUT2D eigenvalue weighted by atomic mass is 10.2. The number of nitrogens with zero attached hydrogens (tertiary/aromatic N) is 2. The van der Waals surface area contributed by atoms with Crippen molar-refractivity contribution in [3.05, 3.63) is 98.1 Å². The summed E-state index contributed by atoms with van der Waals surface area (Å²) in [5, 5.41) is 9.79. The molecular formula is C24H21ClFN3O2S. The Morgan fingerprint density at radius 2 is 2.00 bits per heavy atom. The number of benzene rings is 2. The van der Waals surface area contributed by atoms with Gasteiger partial charge in [0.1, 0.15) is 18.2 Å². The largest absolute Gasteiger partial charge is 0.489 e. The number of nitrogens with one attached hydrogen (secondary N) is 1.